The Labute approximate surface area is 193 Å². The van der Waals surface area contributed by atoms with Crippen LogP contribution in [0.5, 0.6) is 0 Å². The van der Waals surface area contributed by atoms with Gasteiger partial charge in [0.2, 0.25) is 11.8 Å². The quantitative estimate of drug-likeness (QED) is 0.331. The predicted molar refractivity (Wildman–Crippen MR) is 101 cm³/mol. The van der Waals surface area contributed by atoms with Gasteiger partial charge in [-0.05, 0) is 19.3 Å². The molecule has 27 heavy (non-hydrogen) atoms. The molecule has 0 aromatic heterocycles. The fourth-order valence-corrected chi connectivity index (χ4v) is 2.83. The van der Waals surface area contributed by atoms with Crippen molar-refractivity contribution in [2.75, 3.05) is 32.7 Å². The average Bonchev–Trinajstić information content (AvgIpc) is 2.65. The first-order valence-corrected chi connectivity index (χ1v) is 9.00. The molecule has 0 aromatic carbocycles. The van der Waals surface area contributed by atoms with E-state index in [2.05, 4.69) is 21.3 Å². The van der Waals surface area contributed by atoms with E-state index in [-0.39, 0.29) is 68.6 Å². The van der Waals surface area contributed by atoms with Gasteiger partial charge in [-0.25, -0.2) is 0 Å². The summed E-state index contributed by atoms with van der Waals surface area (Å²) in [5, 5.41) is 14.3. The van der Waals surface area contributed by atoms with E-state index in [0.717, 1.165) is 51.6 Å². The Morgan fingerprint density at radius 3 is 2.37 bits per heavy atom. The monoisotopic (exact) mass is 562 g/mol. The third kappa shape index (κ3) is 11.9. The molecule has 162 valence electrons. The van der Waals surface area contributed by atoms with Gasteiger partial charge in [-0.1, -0.05) is 25.3 Å². The summed E-state index contributed by atoms with van der Waals surface area (Å²) in [7, 11) is 0. The number of nitrogens with zero attached hydrogens (tertiary/aromatic N) is 2. The predicted octanol–water partition coefficient (Wildman–Crippen LogP) is 3.10. The summed E-state index contributed by atoms with van der Waals surface area (Å²) in [5.74, 6) is 0.189. The van der Waals surface area contributed by atoms with Crippen molar-refractivity contribution in [3.05, 3.63) is 40.7 Å². The molecule has 4 N–H and O–H groups in total. The molecule has 0 bridgehead atoms. The largest absolute Gasteiger partial charge is 1.00 e. The first-order valence-electron chi connectivity index (χ1n) is 9.00. The molecule has 0 radical (unpaired) electrons. The topological polar surface area (TPSA) is 120 Å². The van der Waals surface area contributed by atoms with Crippen molar-refractivity contribution in [3.63, 3.8) is 0 Å². The van der Waals surface area contributed by atoms with Gasteiger partial charge in [-0.3, -0.25) is 9.59 Å². The molecule has 1 unspecified atom stereocenters. The second-order valence-electron chi connectivity index (χ2n) is 6.28. The molecule has 1 atom stereocenters. The van der Waals surface area contributed by atoms with Crippen LogP contribution in [0, 0.1) is 5.92 Å². The second-order valence-corrected chi connectivity index (χ2v) is 6.28. The Balaban J connectivity index is 0. The van der Waals surface area contributed by atoms with Crippen molar-refractivity contribution in [3.8, 4) is 0 Å². The van der Waals surface area contributed by atoms with Crippen LogP contribution < -0.4 is 10.6 Å². The van der Waals surface area contributed by atoms with E-state index >= 15 is 0 Å². The summed E-state index contributed by atoms with van der Waals surface area (Å²) in [6, 6.07) is 0. The zero-order valence-electron chi connectivity index (χ0n) is 15.5. The molecule has 2 rings (SSSR count). The first kappa shape index (κ1) is 28.8. The normalized spacial score (nSPS) is 17.8. The summed E-state index contributed by atoms with van der Waals surface area (Å²) < 4.78 is 0. The molecular weight excluding hydrogens is 534 g/mol. The molecule has 1 fully saturated rings. The Morgan fingerprint density at radius 1 is 1.07 bits per heavy atom. The minimum Gasteiger partial charge on any atom is -0.693 e. The van der Waals surface area contributed by atoms with Crippen LogP contribution in [0.1, 0.15) is 38.5 Å². The van der Waals surface area contributed by atoms with E-state index in [0.29, 0.717) is 25.2 Å². The maximum absolute atomic E-state index is 11.9. The van der Waals surface area contributed by atoms with Gasteiger partial charge in [0.1, 0.15) is 0 Å². The summed E-state index contributed by atoms with van der Waals surface area (Å²) in [5.41, 5.74) is 0.624. The smallest absolute Gasteiger partial charge is 0.693 e. The first-order chi connectivity index (χ1) is 11.8. The third-order valence-corrected chi connectivity index (χ3v) is 4.28. The fraction of sp³-hybridized carbons (Fsp3) is 0.667. The van der Waals surface area contributed by atoms with Gasteiger partial charge < -0.3 is 27.4 Å². The van der Waals surface area contributed by atoms with E-state index < -0.39 is 0 Å². The van der Waals surface area contributed by atoms with Gasteiger partial charge in [0.05, 0.1) is 0 Å². The van der Waals surface area contributed by atoms with Crippen LogP contribution >= 0.6 is 0 Å². The van der Waals surface area contributed by atoms with Crippen LogP contribution in [0.4, 0.5) is 0 Å². The molecular formula is C18H30Ag2N5O2-. The molecule has 2 amide bonds. The molecule has 0 aliphatic carbocycles. The second kappa shape index (κ2) is 17.7. The number of amides is 2. The zero-order chi connectivity index (χ0) is 17.0. The Hall–Kier alpha value is -0.379. The van der Waals surface area contributed by atoms with Gasteiger partial charge in [-0.15, -0.1) is 25.7 Å². The van der Waals surface area contributed by atoms with Crippen LogP contribution in [-0.4, -0.2) is 44.5 Å². The van der Waals surface area contributed by atoms with Crippen LogP contribution in [-0.2, 0) is 54.3 Å². The third-order valence-electron chi connectivity index (χ3n) is 4.28. The van der Waals surface area contributed by atoms with Crippen molar-refractivity contribution in [1.29, 1.82) is 0 Å². The van der Waals surface area contributed by atoms with Crippen LogP contribution in [0.3, 0.4) is 0 Å². The molecule has 0 aromatic rings. The van der Waals surface area contributed by atoms with E-state index in [9.17, 15) is 9.59 Å². The minimum atomic E-state index is -0.0557. The molecule has 0 spiro atoms. The maximum atomic E-state index is 11.9. The molecule has 0 saturated carbocycles. The Bertz CT molecular complexity index is 480. The number of hydrogen-bond acceptors (Lipinski definition) is 2. The van der Waals surface area contributed by atoms with E-state index in [1.54, 1.807) is 6.20 Å². The average molecular weight is 564 g/mol. The number of nitrogens with two attached hydrogens (primary N) is 1. The number of piperidine rings is 1. The Kier molecular flexibility index (Phi) is 18.9. The number of carbonyl (C=O) groups excluding carboxylic acids is 2. The standard InChI is InChI=1S/C18H29N4O2.2Ag.H2N/c23-17(15-7-5-9-19-13-15)21-11-3-1-2-4-12-22-18(24)16-8-6-10-20-14-16;;;/h5,7,13,16H,1-4,6,8-12,14H2,(H3,19,21,22,23,24);;;1H2/q-1;2*+1;-1/p-1. The SMILES string of the molecule is O=C(NCCCCCCNC(=O)C1CCC[N-]C1)C1=C[N-]CC=C1.[Ag+].[Ag+].[NH2-]. The van der Waals surface area contributed by atoms with Gasteiger partial charge in [0.25, 0.3) is 0 Å². The Morgan fingerprint density at radius 2 is 1.78 bits per heavy atom. The number of unbranched alkanes of at least 4 members (excludes halogenated alkanes) is 3. The maximum Gasteiger partial charge on any atom is 1.00 e. The van der Waals surface area contributed by atoms with Crippen LogP contribution in [0.2, 0.25) is 0 Å². The number of hydrogen-bond donors (Lipinski definition) is 2. The number of carbonyl (C=O) groups is 2. The van der Waals surface area contributed by atoms with E-state index in [1.165, 1.54) is 0 Å². The van der Waals surface area contributed by atoms with Gasteiger partial charge in [0.15, 0.2) is 0 Å². The molecule has 9 heteroatoms. The zero-order valence-corrected chi connectivity index (χ0v) is 18.4. The molecule has 2 aliphatic heterocycles. The summed E-state index contributed by atoms with van der Waals surface area (Å²) >= 11 is 0. The number of nitrogens with one attached hydrogen (secondary N) is 2. The van der Waals surface area contributed by atoms with Crippen LogP contribution in [0.25, 0.3) is 16.8 Å². The van der Waals surface area contributed by atoms with Crippen molar-refractivity contribution in [2.24, 2.45) is 5.92 Å². The van der Waals surface area contributed by atoms with Gasteiger partial charge >= 0.3 is 44.8 Å². The molecule has 1 saturated heterocycles. The van der Waals surface area contributed by atoms with Crippen molar-refractivity contribution < 1.29 is 54.3 Å². The van der Waals surface area contributed by atoms with E-state index in [4.69, 9.17) is 0 Å². The van der Waals surface area contributed by atoms with Crippen LogP contribution in [0.15, 0.2) is 23.9 Å². The number of rotatable bonds is 9. The van der Waals surface area contributed by atoms with Crippen molar-refractivity contribution >= 4 is 11.8 Å². The van der Waals surface area contributed by atoms with Gasteiger partial charge in [-0.2, -0.15) is 6.20 Å². The van der Waals surface area contributed by atoms with Gasteiger partial charge in [0, 0.05) is 24.6 Å². The summed E-state index contributed by atoms with van der Waals surface area (Å²) in [6.45, 7) is 3.66. The fourth-order valence-electron chi connectivity index (χ4n) is 2.83. The summed E-state index contributed by atoms with van der Waals surface area (Å²) in [4.78, 5) is 23.7. The van der Waals surface area contributed by atoms with Crippen molar-refractivity contribution in [1.82, 2.24) is 10.6 Å². The van der Waals surface area contributed by atoms with E-state index in [1.807, 2.05) is 12.2 Å². The minimum absolute atomic E-state index is 0. The van der Waals surface area contributed by atoms with Crippen molar-refractivity contribution in [2.45, 2.75) is 38.5 Å². The summed E-state index contributed by atoms with van der Waals surface area (Å²) in [6.07, 6.45) is 11.4. The molecule has 2 aliphatic rings. The molecule has 7 nitrogen and oxygen atoms in total. The molecule has 2 heterocycles.